The van der Waals surface area contributed by atoms with E-state index < -0.39 is 0 Å². The van der Waals surface area contributed by atoms with Gasteiger partial charge in [-0.25, -0.2) is 0 Å². The van der Waals surface area contributed by atoms with Gasteiger partial charge in [-0.05, 0) is 38.0 Å². The Hall–Kier alpha value is -0.790. The zero-order valence-corrected chi connectivity index (χ0v) is 8.14. The number of Topliss-reactive ketones (excluding diaryl/α,β-unsaturated/α-hetero) is 1. The summed E-state index contributed by atoms with van der Waals surface area (Å²) in [5, 5.41) is 0. The molecular weight excluding hydrogens is 164 g/mol. The third kappa shape index (κ3) is 1.77. The molecule has 2 heteroatoms. The molecule has 0 aromatic carbocycles. The van der Waals surface area contributed by atoms with Crippen molar-refractivity contribution in [3.8, 4) is 0 Å². The third-order valence-corrected chi connectivity index (χ3v) is 3.16. The van der Waals surface area contributed by atoms with Crippen molar-refractivity contribution in [2.24, 2.45) is 5.41 Å². The first-order valence-corrected chi connectivity index (χ1v) is 5.10. The van der Waals surface area contributed by atoms with Crippen LogP contribution < -0.4 is 0 Å². The molecule has 0 aromatic heterocycles. The van der Waals surface area contributed by atoms with Gasteiger partial charge < -0.3 is 4.74 Å². The van der Waals surface area contributed by atoms with Crippen molar-refractivity contribution in [3.05, 3.63) is 11.8 Å². The van der Waals surface area contributed by atoms with Gasteiger partial charge in [0.05, 0.1) is 12.9 Å². The Morgan fingerprint density at radius 2 is 2.23 bits per heavy atom. The van der Waals surface area contributed by atoms with Crippen molar-refractivity contribution in [2.45, 2.75) is 39.0 Å². The van der Waals surface area contributed by atoms with Crippen molar-refractivity contribution >= 4 is 5.78 Å². The molecule has 0 bridgehead atoms. The highest BCUT2D eigenvalue weighted by Crippen LogP contribution is 2.56. The Balaban J connectivity index is 2.02. The fourth-order valence-corrected chi connectivity index (χ4v) is 2.03. The van der Waals surface area contributed by atoms with Crippen molar-refractivity contribution in [1.29, 1.82) is 0 Å². The molecule has 1 spiro atoms. The lowest BCUT2D eigenvalue weighted by molar-refractivity contribution is -0.117. The van der Waals surface area contributed by atoms with E-state index >= 15 is 0 Å². The number of allylic oxidation sites excluding steroid dienone is 1. The number of hydrogen-bond donors (Lipinski definition) is 0. The predicted molar refractivity (Wildman–Crippen MR) is 50.2 cm³/mol. The van der Waals surface area contributed by atoms with E-state index in [1.165, 1.54) is 12.8 Å². The molecule has 0 aromatic rings. The minimum atomic E-state index is 0.297. The van der Waals surface area contributed by atoms with E-state index in [-0.39, 0.29) is 0 Å². The molecule has 2 aliphatic carbocycles. The first kappa shape index (κ1) is 8.79. The van der Waals surface area contributed by atoms with Crippen LogP contribution in [0.1, 0.15) is 39.0 Å². The average molecular weight is 180 g/mol. The van der Waals surface area contributed by atoms with Gasteiger partial charge in [0.15, 0.2) is 5.78 Å². The van der Waals surface area contributed by atoms with Gasteiger partial charge in [-0.2, -0.15) is 0 Å². The molecule has 0 atom stereocenters. The Bertz CT molecular complexity index is 249. The predicted octanol–water partition coefficient (Wildman–Crippen LogP) is 2.44. The summed E-state index contributed by atoms with van der Waals surface area (Å²) in [4.78, 5) is 11.5. The van der Waals surface area contributed by atoms with Crippen LogP contribution in [0.3, 0.4) is 0 Å². The normalized spacial score (nSPS) is 28.1. The monoisotopic (exact) mass is 180 g/mol. The van der Waals surface area contributed by atoms with Gasteiger partial charge in [-0.1, -0.05) is 0 Å². The maximum absolute atomic E-state index is 11.5. The first-order chi connectivity index (χ1) is 6.26. The van der Waals surface area contributed by atoms with E-state index in [0.717, 1.165) is 24.8 Å². The number of carbonyl (C=O) groups is 1. The van der Waals surface area contributed by atoms with Gasteiger partial charge in [-0.15, -0.1) is 0 Å². The summed E-state index contributed by atoms with van der Waals surface area (Å²) in [6, 6.07) is 0. The van der Waals surface area contributed by atoms with Crippen molar-refractivity contribution < 1.29 is 9.53 Å². The zero-order chi connectivity index (χ0) is 9.31. The molecule has 2 aliphatic rings. The molecule has 2 fully saturated rings. The van der Waals surface area contributed by atoms with Crippen LogP contribution in [0.25, 0.3) is 0 Å². The van der Waals surface area contributed by atoms with Crippen LogP contribution in [-0.4, -0.2) is 12.4 Å². The van der Waals surface area contributed by atoms with Crippen LogP contribution in [0.15, 0.2) is 11.8 Å². The van der Waals surface area contributed by atoms with Gasteiger partial charge in [0.2, 0.25) is 0 Å². The molecule has 72 valence electrons. The lowest BCUT2D eigenvalue weighted by Crippen LogP contribution is -2.18. The summed E-state index contributed by atoms with van der Waals surface area (Å²) in [5.74, 6) is 0.297. The molecule has 0 N–H and O–H groups in total. The second kappa shape index (κ2) is 3.17. The maximum Gasteiger partial charge on any atom is 0.161 e. The molecule has 13 heavy (non-hydrogen) atoms. The minimum absolute atomic E-state index is 0.297. The Kier molecular flexibility index (Phi) is 2.14. The van der Waals surface area contributed by atoms with Crippen LogP contribution in [0, 0.1) is 5.41 Å². The second-order valence-electron chi connectivity index (χ2n) is 4.20. The zero-order valence-electron chi connectivity index (χ0n) is 8.14. The second-order valence-corrected chi connectivity index (χ2v) is 4.20. The van der Waals surface area contributed by atoms with Crippen molar-refractivity contribution in [3.63, 3.8) is 0 Å². The molecule has 2 rings (SSSR count). The molecule has 2 saturated carbocycles. The van der Waals surface area contributed by atoms with E-state index in [9.17, 15) is 4.79 Å². The molecule has 0 aliphatic heterocycles. The number of hydrogen-bond acceptors (Lipinski definition) is 2. The van der Waals surface area contributed by atoms with Crippen molar-refractivity contribution in [2.75, 3.05) is 6.61 Å². The quantitative estimate of drug-likeness (QED) is 0.482. The Labute approximate surface area is 79.0 Å². The van der Waals surface area contributed by atoms with Crippen LogP contribution in [-0.2, 0) is 9.53 Å². The van der Waals surface area contributed by atoms with Gasteiger partial charge in [0.1, 0.15) is 0 Å². The maximum atomic E-state index is 11.5. The van der Waals surface area contributed by atoms with Crippen molar-refractivity contribution in [1.82, 2.24) is 0 Å². The average Bonchev–Trinajstić information content (AvgIpc) is 2.88. The number of ketones is 1. The molecule has 0 radical (unpaired) electrons. The molecule has 0 unspecified atom stereocenters. The fourth-order valence-electron chi connectivity index (χ4n) is 2.03. The summed E-state index contributed by atoms with van der Waals surface area (Å²) in [6.45, 7) is 2.60. The topological polar surface area (TPSA) is 26.3 Å². The van der Waals surface area contributed by atoms with E-state index in [0.29, 0.717) is 17.8 Å². The van der Waals surface area contributed by atoms with E-state index in [4.69, 9.17) is 4.74 Å². The minimum Gasteiger partial charge on any atom is -0.501 e. The SMILES string of the molecule is CCO/C=C1/CC2(CCC1=O)CC2. The smallest absolute Gasteiger partial charge is 0.161 e. The summed E-state index contributed by atoms with van der Waals surface area (Å²) < 4.78 is 5.18. The van der Waals surface area contributed by atoms with Crippen LogP contribution in [0.2, 0.25) is 0 Å². The van der Waals surface area contributed by atoms with Crippen LogP contribution >= 0.6 is 0 Å². The Morgan fingerprint density at radius 3 is 2.85 bits per heavy atom. The molecular formula is C11H16O2. The van der Waals surface area contributed by atoms with Gasteiger partial charge >= 0.3 is 0 Å². The highest BCUT2D eigenvalue weighted by molar-refractivity contribution is 5.96. The summed E-state index contributed by atoms with van der Waals surface area (Å²) in [5.41, 5.74) is 1.43. The highest BCUT2D eigenvalue weighted by atomic mass is 16.5. The lowest BCUT2D eigenvalue weighted by atomic mass is 9.82. The van der Waals surface area contributed by atoms with Crippen LogP contribution in [0.5, 0.6) is 0 Å². The molecule has 0 heterocycles. The lowest BCUT2D eigenvalue weighted by Gasteiger charge is -2.21. The summed E-state index contributed by atoms with van der Waals surface area (Å²) in [7, 11) is 0. The molecule has 0 saturated heterocycles. The number of rotatable bonds is 2. The highest BCUT2D eigenvalue weighted by Gasteiger charge is 2.46. The van der Waals surface area contributed by atoms with Gasteiger partial charge in [0.25, 0.3) is 0 Å². The largest absolute Gasteiger partial charge is 0.501 e. The Morgan fingerprint density at radius 1 is 1.46 bits per heavy atom. The van der Waals surface area contributed by atoms with E-state index in [2.05, 4.69) is 0 Å². The third-order valence-electron chi connectivity index (χ3n) is 3.16. The first-order valence-electron chi connectivity index (χ1n) is 5.10. The van der Waals surface area contributed by atoms with Crippen LogP contribution in [0.4, 0.5) is 0 Å². The summed E-state index contributed by atoms with van der Waals surface area (Å²) in [6.07, 6.45) is 7.11. The summed E-state index contributed by atoms with van der Waals surface area (Å²) >= 11 is 0. The fraction of sp³-hybridized carbons (Fsp3) is 0.727. The number of ether oxygens (including phenoxy) is 1. The standard InChI is InChI=1S/C11H16O2/c1-2-13-8-9-7-11(5-6-11)4-3-10(9)12/h8H,2-7H2,1H3/b9-8-. The molecule has 2 nitrogen and oxygen atoms in total. The van der Waals surface area contributed by atoms with Gasteiger partial charge in [0, 0.05) is 12.0 Å². The van der Waals surface area contributed by atoms with Gasteiger partial charge in [-0.3, -0.25) is 4.79 Å². The number of carbonyl (C=O) groups excluding carboxylic acids is 1. The van der Waals surface area contributed by atoms with E-state index in [1.807, 2.05) is 6.92 Å². The van der Waals surface area contributed by atoms with E-state index in [1.54, 1.807) is 6.26 Å². The molecule has 0 amide bonds.